The summed E-state index contributed by atoms with van der Waals surface area (Å²) in [5.41, 5.74) is 3.30. The number of anilines is 1. The summed E-state index contributed by atoms with van der Waals surface area (Å²) in [7, 11) is 1.94. The number of aromatic nitrogens is 3. The fourth-order valence-electron chi connectivity index (χ4n) is 4.02. The van der Waals surface area contributed by atoms with E-state index in [0.29, 0.717) is 0 Å². The maximum atomic E-state index is 11.9. The van der Waals surface area contributed by atoms with Crippen molar-refractivity contribution in [2.24, 2.45) is 7.05 Å². The summed E-state index contributed by atoms with van der Waals surface area (Å²) < 4.78 is 1.83. The van der Waals surface area contributed by atoms with Gasteiger partial charge in [0.1, 0.15) is 5.82 Å². The minimum atomic E-state index is 0.00790. The number of pyridine rings is 1. The Balaban J connectivity index is 1.69. The quantitative estimate of drug-likeness (QED) is 0.795. The first-order chi connectivity index (χ1) is 12.7. The number of rotatable bonds is 4. The lowest BCUT2D eigenvalue weighted by Crippen LogP contribution is -2.26. The van der Waals surface area contributed by atoms with Crippen LogP contribution in [-0.4, -0.2) is 51.8 Å². The molecule has 6 heteroatoms. The van der Waals surface area contributed by atoms with Crippen LogP contribution in [0.4, 0.5) is 5.82 Å². The van der Waals surface area contributed by atoms with Crippen molar-refractivity contribution >= 4 is 11.7 Å². The van der Waals surface area contributed by atoms with Crippen molar-refractivity contribution in [2.45, 2.75) is 25.2 Å². The molecule has 1 amide bonds. The van der Waals surface area contributed by atoms with Crippen molar-refractivity contribution in [1.29, 1.82) is 0 Å². The summed E-state index contributed by atoms with van der Waals surface area (Å²) in [4.78, 5) is 20.9. The van der Waals surface area contributed by atoms with Gasteiger partial charge in [-0.15, -0.1) is 0 Å². The molecule has 0 saturated carbocycles. The summed E-state index contributed by atoms with van der Waals surface area (Å²) >= 11 is 0. The topological polar surface area (TPSA) is 54.3 Å². The molecule has 0 radical (unpaired) electrons. The lowest BCUT2D eigenvalue weighted by molar-refractivity contribution is -0.125. The summed E-state index contributed by atoms with van der Waals surface area (Å²) in [6.45, 7) is 7.23. The Morgan fingerprint density at radius 3 is 2.81 bits per heavy atom. The molecular weight excluding hydrogens is 326 g/mol. The van der Waals surface area contributed by atoms with Gasteiger partial charge in [0, 0.05) is 57.1 Å². The normalized spacial score (nSPS) is 20.0. The van der Waals surface area contributed by atoms with Crippen molar-refractivity contribution < 1.29 is 4.79 Å². The molecule has 136 valence electrons. The Kier molecular flexibility index (Phi) is 4.49. The molecule has 6 nitrogen and oxygen atoms in total. The molecule has 0 spiro atoms. The van der Waals surface area contributed by atoms with E-state index in [9.17, 15) is 4.79 Å². The van der Waals surface area contributed by atoms with Crippen LogP contribution in [0.5, 0.6) is 0 Å². The SMILES string of the molecule is C=CC(=O)N1CCC(c2cnc(N3CCCC3)cc2-c2ccn(C)n2)C1. The fourth-order valence-corrected chi connectivity index (χ4v) is 4.02. The summed E-state index contributed by atoms with van der Waals surface area (Å²) in [6, 6.07) is 4.23. The minimum Gasteiger partial charge on any atom is -0.357 e. The van der Waals surface area contributed by atoms with E-state index in [1.54, 1.807) is 0 Å². The summed E-state index contributed by atoms with van der Waals surface area (Å²) in [6.07, 6.45) is 8.77. The van der Waals surface area contributed by atoms with E-state index >= 15 is 0 Å². The lowest BCUT2D eigenvalue weighted by Gasteiger charge is -2.21. The van der Waals surface area contributed by atoms with Gasteiger partial charge in [0.25, 0.3) is 0 Å². The van der Waals surface area contributed by atoms with Gasteiger partial charge in [0.15, 0.2) is 0 Å². The average Bonchev–Trinajstić information content (AvgIpc) is 3.41. The zero-order valence-corrected chi connectivity index (χ0v) is 15.3. The van der Waals surface area contributed by atoms with Gasteiger partial charge in [-0.2, -0.15) is 5.10 Å². The molecule has 2 aromatic rings. The van der Waals surface area contributed by atoms with Crippen LogP contribution in [0.2, 0.25) is 0 Å². The lowest BCUT2D eigenvalue weighted by atomic mass is 9.93. The predicted molar refractivity (Wildman–Crippen MR) is 102 cm³/mol. The summed E-state index contributed by atoms with van der Waals surface area (Å²) in [5, 5.41) is 4.62. The Morgan fingerprint density at radius 2 is 2.12 bits per heavy atom. The molecule has 2 aliphatic rings. The van der Waals surface area contributed by atoms with Gasteiger partial charge in [-0.3, -0.25) is 9.48 Å². The first-order valence-electron chi connectivity index (χ1n) is 9.32. The van der Waals surface area contributed by atoms with Crippen LogP contribution in [0.3, 0.4) is 0 Å². The Labute approximate surface area is 154 Å². The summed E-state index contributed by atoms with van der Waals surface area (Å²) in [5.74, 6) is 1.33. The molecule has 2 fully saturated rings. The number of hydrogen-bond acceptors (Lipinski definition) is 4. The first kappa shape index (κ1) is 16.8. The smallest absolute Gasteiger partial charge is 0.245 e. The van der Waals surface area contributed by atoms with Crippen LogP contribution in [0.15, 0.2) is 37.2 Å². The predicted octanol–water partition coefficient (Wildman–Crippen LogP) is 2.58. The molecular formula is C20H25N5O. The molecule has 2 aliphatic heterocycles. The van der Waals surface area contributed by atoms with Gasteiger partial charge < -0.3 is 9.80 Å². The third-order valence-electron chi connectivity index (χ3n) is 5.45. The van der Waals surface area contributed by atoms with Gasteiger partial charge in [-0.25, -0.2) is 4.98 Å². The third-order valence-corrected chi connectivity index (χ3v) is 5.45. The van der Waals surface area contributed by atoms with E-state index in [0.717, 1.165) is 49.7 Å². The van der Waals surface area contributed by atoms with Crippen molar-refractivity contribution in [3.63, 3.8) is 0 Å². The van der Waals surface area contributed by atoms with E-state index in [4.69, 9.17) is 4.98 Å². The molecule has 0 N–H and O–H groups in total. The van der Waals surface area contributed by atoms with Gasteiger partial charge >= 0.3 is 0 Å². The number of amides is 1. The molecule has 0 aliphatic carbocycles. The van der Waals surface area contributed by atoms with Gasteiger partial charge in [-0.05, 0) is 43.0 Å². The highest BCUT2D eigenvalue weighted by Gasteiger charge is 2.29. The van der Waals surface area contributed by atoms with Gasteiger partial charge in [-0.1, -0.05) is 6.58 Å². The number of aryl methyl sites for hydroxylation is 1. The number of nitrogens with zero attached hydrogens (tertiary/aromatic N) is 5. The Bertz CT molecular complexity index is 821. The maximum absolute atomic E-state index is 11.9. The molecule has 1 atom stereocenters. The van der Waals surface area contributed by atoms with Gasteiger partial charge in [0.2, 0.25) is 5.91 Å². The molecule has 2 aromatic heterocycles. The maximum Gasteiger partial charge on any atom is 0.245 e. The second-order valence-corrected chi connectivity index (χ2v) is 7.17. The zero-order valence-electron chi connectivity index (χ0n) is 15.3. The van der Waals surface area contributed by atoms with Crippen molar-refractivity contribution in [3.05, 3.63) is 42.7 Å². The molecule has 0 aromatic carbocycles. The molecule has 0 bridgehead atoms. The zero-order chi connectivity index (χ0) is 18.1. The van der Waals surface area contributed by atoms with E-state index in [2.05, 4.69) is 22.6 Å². The van der Waals surface area contributed by atoms with Crippen LogP contribution in [0, 0.1) is 0 Å². The molecule has 4 heterocycles. The second kappa shape index (κ2) is 6.94. The third kappa shape index (κ3) is 3.11. The molecule has 26 heavy (non-hydrogen) atoms. The molecule has 4 rings (SSSR count). The Morgan fingerprint density at radius 1 is 1.31 bits per heavy atom. The van der Waals surface area contributed by atoms with Crippen LogP contribution in [-0.2, 0) is 11.8 Å². The van der Waals surface area contributed by atoms with Crippen molar-refractivity contribution in [1.82, 2.24) is 19.7 Å². The van der Waals surface area contributed by atoms with Crippen LogP contribution >= 0.6 is 0 Å². The minimum absolute atomic E-state index is 0.00790. The number of hydrogen-bond donors (Lipinski definition) is 0. The highest BCUT2D eigenvalue weighted by molar-refractivity contribution is 5.87. The Hall–Kier alpha value is -2.63. The average molecular weight is 351 g/mol. The highest BCUT2D eigenvalue weighted by Crippen LogP contribution is 2.36. The van der Waals surface area contributed by atoms with Crippen molar-refractivity contribution in [3.8, 4) is 11.3 Å². The fraction of sp³-hybridized carbons (Fsp3) is 0.450. The largest absolute Gasteiger partial charge is 0.357 e. The number of carbonyl (C=O) groups excluding carboxylic acids is 1. The van der Waals surface area contributed by atoms with Crippen LogP contribution in [0.1, 0.15) is 30.7 Å². The highest BCUT2D eigenvalue weighted by atomic mass is 16.2. The molecule has 2 saturated heterocycles. The van der Waals surface area contributed by atoms with E-state index in [1.807, 2.05) is 35.1 Å². The standard InChI is InChI=1S/C20H25N5O/c1-3-20(26)25-11-6-15(14-25)17-13-21-19(24-8-4-5-9-24)12-16(17)18-7-10-23(2)22-18/h3,7,10,12-13,15H,1,4-6,8-9,11,14H2,2H3. The van der Waals surface area contributed by atoms with E-state index in [1.165, 1.54) is 24.5 Å². The number of likely N-dealkylation sites (tertiary alicyclic amines) is 1. The number of carbonyl (C=O) groups is 1. The van der Waals surface area contributed by atoms with E-state index < -0.39 is 0 Å². The van der Waals surface area contributed by atoms with Gasteiger partial charge in [0.05, 0.1) is 5.69 Å². The van der Waals surface area contributed by atoms with E-state index in [-0.39, 0.29) is 11.8 Å². The van der Waals surface area contributed by atoms with Crippen molar-refractivity contribution in [2.75, 3.05) is 31.1 Å². The van der Waals surface area contributed by atoms with Crippen LogP contribution < -0.4 is 4.90 Å². The second-order valence-electron chi connectivity index (χ2n) is 7.17. The molecule has 1 unspecified atom stereocenters. The first-order valence-corrected chi connectivity index (χ1v) is 9.32. The monoisotopic (exact) mass is 351 g/mol. The van der Waals surface area contributed by atoms with Crippen LogP contribution in [0.25, 0.3) is 11.3 Å².